The second kappa shape index (κ2) is 6.56. The molecule has 1 heterocycles. The van der Waals surface area contributed by atoms with Crippen LogP contribution >= 0.6 is 0 Å². The van der Waals surface area contributed by atoms with Gasteiger partial charge in [0.05, 0.1) is 15.5 Å². The molecule has 1 aromatic heterocycles. The van der Waals surface area contributed by atoms with E-state index < -0.39 is 26.3 Å². The van der Waals surface area contributed by atoms with Crippen LogP contribution in [0.1, 0.15) is 37.8 Å². The summed E-state index contributed by atoms with van der Waals surface area (Å²) in [6.45, 7) is 0. The molecule has 26 heavy (non-hydrogen) atoms. The van der Waals surface area contributed by atoms with Crippen molar-refractivity contribution < 1.29 is 23.2 Å². The third kappa shape index (κ3) is 2.88. The average molecular weight is 378 g/mol. The third-order valence-corrected chi connectivity index (χ3v) is 6.63. The van der Waals surface area contributed by atoms with Gasteiger partial charge in [0.1, 0.15) is 5.41 Å². The fourth-order valence-electron chi connectivity index (χ4n) is 3.53. The molecule has 0 radical (unpaired) electrons. The summed E-state index contributed by atoms with van der Waals surface area (Å²) < 4.78 is 27.0. The molecule has 1 aliphatic carbocycles. The van der Waals surface area contributed by atoms with Crippen molar-refractivity contribution in [3.8, 4) is 0 Å². The molecule has 1 N–H and O–H groups in total. The molecule has 2 aromatic rings. The van der Waals surface area contributed by atoms with E-state index in [0.717, 1.165) is 47.5 Å². The molecular weight excluding hydrogens is 360 g/mol. The quantitative estimate of drug-likeness (QED) is 0.631. The molecular formula is C17H18N2O6S. The van der Waals surface area contributed by atoms with Gasteiger partial charge in [0.15, 0.2) is 0 Å². The molecule has 0 atom stereocenters. The predicted molar refractivity (Wildman–Crippen MR) is 92.5 cm³/mol. The van der Waals surface area contributed by atoms with Gasteiger partial charge < -0.3 is 5.11 Å². The number of aliphatic carboxylic acids is 1. The van der Waals surface area contributed by atoms with Crippen LogP contribution in [0.4, 0.5) is 5.69 Å². The average Bonchev–Trinajstić information content (AvgIpc) is 3.13. The van der Waals surface area contributed by atoms with Gasteiger partial charge in [0, 0.05) is 18.3 Å². The summed E-state index contributed by atoms with van der Waals surface area (Å²) in [5, 5.41) is 20.6. The maximum Gasteiger partial charge on any atom is 0.315 e. The lowest BCUT2D eigenvalue weighted by atomic mass is 9.72. The highest BCUT2D eigenvalue weighted by atomic mass is 32.2. The zero-order valence-corrected chi connectivity index (χ0v) is 14.7. The predicted octanol–water partition coefficient (Wildman–Crippen LogP) is 2.92. The van der Waals surface area contributed by atoms with E-state index in [1.54, 1.807) is 0 Å². The molecule has 3 rings (SSSR count). The van der Waals surface area contributed by atoms with E-state index in [0.29, 0.717) is 12.8 Å². The van der Waals surface area contributed by atoms with Gasteiger partial charge in [-0.25, -0.2) is 12.4 Å². The second-order valence-electron chi connectivity index (χ2n) is 6.39. The molecule has 9 heteroatoms. The van der Waals surface area contributed by atoms with E-state index in [2.05, 4.69) is 0 Å². The zero-order chi connectivity index (χ0) is 18.9. The van der Waals surface area contributed by atoms with Crippen LogP contribution < -0.4 is 0 Å². The minimum atomic E-state index is -4.06. The number of carboxylic acid groups (broad SMARTS) is 1. The van der Waals surface area contributed by atoms with Crippen LogP contribution in [0.25, 0.3) is 0 Å². The van der Waals surface area contributed by atoms with Gasteiger partial charge in [-0.3, -0.25) is 14.9 Å². The van der Waals surface area contributed by atoms with Crippen molar-refractivity contribution >= 4 is 21.7 Å². The number of benzene rings is 1. The summed E-state index contributed by atoms with van der Waals surface area (Å²) in [6, 6.07) is 7.59. The first-order valence-electron chi connectivity index (χ1n) is 8.20. The minimum absolute atomic E-state index is 0.128. The zero-order valence-electron chi connectivity index (χ0n) is 13.9. The molecule has 0 aliphatic heterocycles. The number of hydrogen-bond donors (Lipinski definition) is 1. The highest BCUT2D eigenvalue weighted by Gasteiger charge is 2.44. The first-order chi connectivity index (χ1) is 12.3. The highest BCUT2D eigenvalue weighted by molar-refractivity contribution is 7.90. The molecule has 0 bridgehead atoms. The summed E-state index contributed by atoms with van der Waals surface area (Å²) in [5.41, 5.74) is -1.23. The lowest BCUT2D eigenvalue weighted by Crippen LogP contribution is -2.40. The SMILES string of the molecule is O=C(O)C1(c2cccn2S(=O)(=O)c2ccc([N+](=O)[O-])cc2)CCCCC1. The number of rotatable bonds is 5. The van der Waals surface area contributed by atoms with Crippen LogP contribution in [-0.2, 0) is 20.2 Å². The molecule has 0 spiro atoms. The van der Waals surface area contributed by atoms with Crippen molar-refractivity contribution in [3.63, 3.8) is 0 Å². The van der Waals surface area contributed by atoms with Gasteiger partial charge in [0.2, 0.25) is 0 Å². The Kier molecular flexibility index (Phi) is 4.57. The first kappa shape index (κ1) is 18.1. The van der Waals surface area contributed by atoms with Crippen molar-refractivity contribution in [1.82, 2.24) is 3.97 Å². The Balaban J connectivity index is 2.09. The van der Waals surface area contributed by atoms with Crippen LogP contribution in [0, 0.1) is 10.1 Å². The normalized spacial score (nSPS) is 16.9. The Labute approximate surface area is 150 Å². The summed E-state index contributed by atoms with van der Waals surface area (Å²) >= 11 is 0. The number of hydrogen-bond acceptors (Lipinski definition) is 5. The summed E-state index contributed by atoms with van der Waals surface area (Å²) in [6.07, 6.45) is 4.44. The molecule has 1 fully saturated rings. The topological polar surface area (TPSA) is 120 Å². The van der Waals surface area contributed by atoms with Gasteiger partial charge in [-0.15, -0.1) is 0 Å². The Morgan fingerprint density at radius 1 is 1.12 bits per heavy atom. The van der Waals surface area contributed by atoms with E-state index in [-0.39, 0.29) is 16.3 Å². The molecule has 0 saturated heterocycles. The van der Waals surface area contributed by atoms with Gasteiger partial charge in [-0.05, 0) is 37.1 Å². The van der Waals surface area contributed by atoms with E-state index in [4.69, 9.17) is 0 Å². The largest absolute Gasteiger partial charge is 0.481 e. The minimum Gasteiger partial charge on any atom is -0.481 e. The fraction of sp³-hybridized carbons (Fsp3) is 0.353. The summed E-state index contributed by atoms with van der Waals surface area (Å²) in [5.74, 6) is -1.03. The van der Waals surface area contributed by atoms with Crippen LogP contribution in [0.3, 0.4) is 0 Å². The van der Waals surface area contributed by atoms with Gasteiger partial charge >= 0.3 is 5.97 Å². The molecule has 8 nitrogen and oxygen atoms in total. The number of aromatic nitrogens is 1. The Morgan fingerprint density at radius 3 is 2.27 bits per heavy atom. The van der Waals surface area contributed by atoms with Crippen LogP contribution in [-0.4, -0.2) is 28.4 Å². The molecule has 0 amide bonds. The van der Waals surface area contributed by atoms with Crippen molar-refractivity contribution in [2.75, 3.05) is 0 Å². The van der Waals surface area contributed by atoms with Crippen LogP contribution in [0.5, 0.6) is 0 Å². The van der Waals surface area contributed by atoms with Crippen LogP contribution in [0.15, 0.2) is 47.5 Å². The smallest absolute Gasteiger partial charge is 0.315 e. The van der Waals surface area contributed by atoms with Crippen molar-refractivity contribution in [1.29, 1.82) is 0 Å². The molecule has 1 aromatic carbocycles. The lowest BCUT2D eigenvalue weighted by molar-refractivity contribution is -0.384. The van der Waals surface area contributed by atoms with Crippen molar-refractivity contribution in [2.24, 2.45) is 0 Å². The molecule has 1 saturated carbocycles. The number of nitro groups is 1. The number of carbonyl (C=O) groups is 1. The van der Waals surface area contributed by atoms with Gasteiger partial charge in [-0.1, -0.05) is 19.3 Å². The van der Waals surface area contributed by atoms with E-state index >= 15 is 0 Å². The fourth-order valence-corrected chi connectivity index (χ4v) is 4.97. The maximum absolute atomic E-state index is 13.0. The van der Waals surface area contributed by atoms with E-state index in [1.165, 1.54) is 18.3 Å². The number of nitro benzene ring substituents is 1. The number of carboxylic acids is 1. The first-order valence-corrected chi connectivity index (χ1v) is 9.64. The summed E-state index contributed by atoms with van der Waals surface area (Å²) in [4.78, 5) is 22.0. The maximum atomic E-state index is 13.0. The molecule has 1 aliphatic rings. The Morgan fingerprint density at radius 2 is 1.73 bits per heavy atom. The van der Waals surface area contributed by atoms with Crippen LogP contribution in [0.2, 0.25) is 0 Å². The number of non-ortho nitro benzene ring substituents is 1. The van der Waals surface area contributed by atoms with Crippen molar-refractivity contribution in [2.45, 2.75) is 42.4 Å². The van der Waals surface area contributed by atoms with Crippen molar-refractivity contribution in [3.05, 3.63) is 58.4 Å². The molecule has 0 unspecified atom stereocenters. The molecule has 138 valence electrons. The van der Waals surface area contributed by atoms with E-state index in [9.17, 15) is 28.4 Å². The van der Waals surface area contributed by atoms with E-state index in [1.807, 2.05) is 0 Å². The summed E-state index contributed by atoms with van der Waals surface area (Å²) in [7, 11) is -4.06. The monoisotopic (exact) mass is 378 g/mol. The second-order valence-corrected chi connectivity index (χ2v) is 8.21. The van der Waals surface area contributed by atoms with Gasteiger partial charge in [-0.2, -0.15) is 0 Å². The Bertz CT molecular complexity index is 940. The lowest BCUT2D eigenvalue weighted by Gasteiger charge is -2.33. The van der Waals surface area contributed by atoms with Gasteiger partial charge in [0.25, 0.3) is 15.7 Å². The Hall–Kier alpha value is -2.68. The standard InChI is InChI=1S/C17H18N2O6S/c20-16(21)17(10-2-1-3-11-17)15-5-4-12-18(15)26(24,25)14-8-6-13(7-9-14)19(22)23/h4-9,12H,1-3,10-11H2,(H,20,21). The third-order valence-electron chi connectivity index (χ3n) is 4.92. The highest BCUT2D eigenvalue weighted by Crippen LogP contribution is 2.41. The number of nitrogens with zero attached hydrogens (tertiary/aromatic N) is 2.